The molecule has 4 heteroatoms. The highest BCUT2D eigenvalue weighted by atomic mass is 16.2. The molecule has 0 atom stereocenters. The molecule has 22 heavy (non-hydrogen) atoms. The quantitative estimate of drug-likeness (QED) is 0.894. The van der Waals surface area contributed by atoms with Crippen LogP contribution in [0.4, 0.5) is 0 Å². The summed E-state index contributed by atoms with van der Waals surface area (Å²) in [5.41, 5.74) is 1.54. The Hall–Kier alpha value is -1.81. The van der Waals surface area contributed by atoms with Crippen molar-refractivity contribution in [2.24, 2.45) is 0 Å². The molecule has 2 N–H and O–H groups in total. The topological polar surface area (TPSA) is 48.1 Å². The Morgan fingerprint density at radius 3 is 2.73 bits per heavy atom. The monoisotopic (exact) mass is 297 g/mol. The molecule has 2 aliphatic heterocycles. The minimum Gasteiger partial charge on any atom is -0.351 e. The van der Waals surface area contributed by atoms with Gasteiger partial charge in [-0.15, -0.1) is 0 Å². The zero-order chi connectivity index (χ0) is 15.2. The summed E-state index contributed by atoms with van der Waals surface area (Å²) < 4.78 is 0. The lowest BCUT2D eigenvalue weighted by atomic mass is 9.80. The number of hydrogen-bond donors (Lipinski definition) is 2. The lowest BCUT2D eigenvalue weighted by molar-refractivity contribution is -0.0366. The molecule has 1 amide bonds. The summed E-state index contributed by atoms with van der Waals surface area (Å²) >= 11 is 0. The predicted molar refractivity (Wildman–Crippen MR) is 87.7 cm³/mol. The van der Waals surface area contributed by atoms with Crippen LogP contribution in [0.2, 0.25) is 0 Å². The summed E-state index contributed by atoms with van der Waals surface area (Å²) in [5.74, 6) is 0.0191. The average molecular weight is 297 g/mol. The van der Waals surface area contributed by atoms with E-state index in [-0.39, 0.29) is 11.6 Å². The second kappa shape index (κ2) is 5.13. The summed E-state index contributed by atoms with van der Waals surface area (Å²) in [4.78, 5) is 18.4. The average Bonchev–Trinajstić information content (AvgIpc) is 2.93. The van der Waals surface area contributed by atoms with Crippen molar-refractivity contribution >= 4 is 16.8 Å². The summed E-state index contributed by atoms with van der Waals surface area (Å²) in [5, 5.41) is 4.43. The number of piperidine rings is 2. The van der Waals surface area contributed by atoms with E-state index in [1.54, 1.807) is 0 Å². The molecule has 0 unspecified atom stereocenters. The minimum absolute atomic E-state index is 0.0191. The molecule has 2 fully saturated rings. The molecule has 116 valence electrons. The molecule has 1 aromatic carbocycles. The number of hydrogen-bond acceptors (Lipinski definition) is 2. The SMILES string of the molecule is CN1C2CCCC1(NC(=O)c1cc3ccccc3[nH]1)CCC2. The fourth-order valence-electron chi connectivity index (χ4n) is 4.31. The van der Waals surface area contributed by atoms with Crippen molar-refractivity contribution in [1.82, 2.24) is 15.2 Å². The van der Waals surface area contributed by atoms with Gasteiger partial charge < -0.3 is 10.3 Å². The van der Waals surface area contributed by atoms with Gasteiger partial charge in [0.1, 0.15) is 5.69 Å². The third-order valence-electron chi connectivity index (χ3n) is 5.60. The standard InChI is InChI=1S/C18H23N3O/c1-21-14-7-4-10-18(21,11-5-8-14)20-17(22)16-12-13-6-2-3-9-15(13)19-16/h2-3,6,9,12,14,19H,4-5,7-8,10-11H2,1H3,(H,20,22). The van der Waals surface area contributed by atoms with Crippen LogP contribution in [0, 0.1) is 0 Å². The van der Waals surface area contributed by atoms with Gasteiger partial charge in [-0.1, -0.05) is 18.2 Å². The van der Waals surface area contributed by atoms with Crippen LogP contribution in [0.25, 0.3) is 10.9 Å². The lowest BCUT2D eigenvalue weighted by Gasteiger charge is -2.53. The van der Waals surface area contributed by atoms with Crippen molar-refractivity contribution in [1.29, 1.82) is 0 Å². The molecule has 4 nitrogen and oxygen atoms in total. The Bertz CT molecular complexity index is 662. The molecule has 3 heterocycles. The smallest absolute Gasteiger partial charge is 0.269 e. The summed E-state index contributed by atoms with van der Waals surface area (Å²) in [6.45, 7) is 0. The number of fused-ring (bicyclic) bond motifs is 3. The molecule has 0 radical (unpaired) electrons. The molecular weight excluding hydrogens is 274 g/mol. The second-order valence-corrected chi connectivity index (χ2v) is 6.81. The molecule has 4 rings (SSSR count). The summed E-state index contributed by atoms with van der Waals surface area (Å²) in [6, 6.07) is 10.6. The number of amides is 1. The third kappa shape index (κ3) is 2.13. The van der Waals surface area contributed by atoms with Gasteiger partial charge in [-0.3, -0.25) is 9.69 Å². The molecule has 2 aliphatic rings. The number of rotatable bonds is 2. The Labute approximate surface area is 130 Å². The lowest BCUT2D eigenvalue weighted by Crippen LogP contribution is -2.66. The number of nitrogens with zero attached hydrogens (tertiary/aromatic N) is 1. The maximum absolute atomic E-state index is 12.8. The number of para-hydroxylation sites is 1. The van der Waals surface area contributed by atoms with E-state index in [9.17, 15) is 4.79 Å². The first-order valence-electron chi connectivity index (χ1n) is 8.31. The van der Waals surface area contributed by atoms with Crippen LogP contribution >= 0.6 is 0 Å². The first-order chi connectivity index (χ1) is 10.7. The fraction of sp³-hybridized carbons (Fsp3) is 0.500. The Morgan fingerprint density at radius 1 is 1.27 bits per heavy atom. The maximum atomic E-state index is 12.8. The third-order valence-corrected chi connectivity index (χ3v) is 5.60. The van der Waals surface area contributed by atoms with Crippen molar-refractivity contribution in [3.63, 3.8) is 0 Å². The minimum atomic E-state index is -0.143. The van der Waals surface area contributed by atoms with Gasteiger partial charge in [-0.25, -0.2) is 0 Å². The van der Waals surface area contributed by atoms with Crippen LogP contribution in [0.15, 0.2) is 30.3 Å². The van der Waals surface area contributed by atoms with Crippen LogP contribution in [0.1, 0.15) is 49.0 Å². The molecule has 0 saturated carbocycles. The first kappa shape index (κ1) is 13.8. The highest BCUT2D eigenvalue weighted by molar-refractivity contribution is 5.98. The number of carbonyl (C=O) groups is 1. The van der Waals surface area contributed by atoms with E-state index < -0.39 is 0 Å². The van der Waals surface area contributed by atoms with Crippen LogP contribution in [0.3, 0.4) is 0 Å². The summed E-state index contributed by atoms with van der Waals surface area (Å²) in [7, 11) is 2.18. The van der Waals surface area contributed by atoms with E-state index in [0.717, 1.165) is 23.7 Å². The first-order valence-corrected chi connectivity index (χ1v) is 8.31. The number of aromatic nitrogens is 1. The second-order valence-electron chi connectivity index (χ2n) is 6.81. The van der Waals surface area contributed by atoms with E-state index in [1.165, 1.54) is 25.7 Å². The van der Waals surface area contributed by atoms with E-state index in [4.69, 9.17) is 0 Å². The van der Waals surface area contributed by atoms with Gasteiger partial charge in [-0.2, -0.15) is 0 Å². The van der Waals surface area contributed by atoms with Crippen molar-refractivity contribution in [3.05, 3.63) is 36.0 Å². The number of benzene rings is 1. The van der Waals surface area contributed by atoms with E-state index in [1.807, 2.05) is 30.3 Å². The van der Waals surface area contributed by atoms with Gasteiger partial charge in [0.2, 0.25) is 0 Å². The van der Waals surface area contributed by atoms with Crippen LogP contribution < -0.4 is 5.32 Å². The Morgan fingerprint density at radius 2 is 2.00 bits per heavy atom. The van der Waals surface area contributed by atoms with Crippen molar-refractivity contribution in [2.75, 3.05) is 7.05 Å². The van der Waals surface area contributed by atoms with Gasteiger partial charge in [0.25, 0.3) is 5.91 Å². The van der Waals surface area contributed by atoms with Crippen molar-refractivity contribution < 1.29 is 4.79 Å². The predicted octanol–water partition coefficient (Wildman–Crippen LogP) is 3.26. The largest absolute Gasteiger partial charge is 0.351 e. The van der Waals surface area contributed by atoms with Gasteiger partial charge in [0, 0.05) is 16.9 Å². The molecule has 1 aromatic heterocycles. The van der Waals surface area contributed by atoms with E-state index in [2.05, 4.69) is 22.2 Å². The molecule has 2 saturated heterocycles. The fourth-order valence-corrected chi connectivity index (χ4v) is 4.31. The number of nitrogens with one attached hydrogen (secondary N) is 2. The van der Waals surface area contributed by atoms with E-state index >= 15 is 0 Å². The Kier molecular flexibility index (Phi) is 3.22. The highest BCUT2D eigenvalue weighted by Crippen LogP contribution is 2.39. The van der Waals surface area contributed by atoms with E-state index in [0.29, 0.717) is 11.7 Å². The van der Waals surface area contributed by atoms with Crippen LogP contribution in [0.5, 0.6) is 0 Å². The number of aromatic amines is 1. The molecular formula is C18H23N3O. The zero-order valence-corrected chi connectivity index (χ0v) is 13.1. The van der Waals surface area contributed by atoms with Crippen LogP contribution in [-0.4, -0.2) is 34.5 Å². The van der Waals surface area contributed by atoms with Crippen molar-refractivity contribution in [3.8, 4) is 0 Å². The normalized spacial score (nSPS) is 28.7. The molecule has 2 aromatic rings. The highest BCUT2D eigenvalue weighted by Gasteiger charge is 2.44. The molecule has 2 bridgehead atoms. The summed E-state index contributed by atoms with van der Waals surface area (Å²) in [6.07, 6.45) is 7.07. The van der Waals surface area contributed by atoms with Gasteiger partial charge in [-0.05, 0) is 57.7 Å². The maximum Gasteiger partial charge on any atom is 0.269 e. The zero-order valence-electron chi connectivity index (χ0n) is 13.1. The Balaban J connectivity index is 1.60. The van der Waals surface area contributed by atoms with Gasteiger partial charge in [0.05, 0.1) is 5.66 Å². The molecule has 0 aliphatic carbocycles. The van der Waals surface area contributed by atoms with Gasteiger partial charge in [0.15, 0.2) is 0 Å². The van der Waals surface area contributed by atoms with Crippen molar-refractivity contribution in [2.45, 2.75) is 50.2 Å². The van der Waals surface area contributed by atoms with Gasteiger partial charge >= 0.3 is 0 Å². The number of carbonyl (C=O) groups excluding carboxylic acids is 1. The van der Waals surface area contributed by atoms with Crippen LogP contribution in [-0.2, 0) is 0 Å². The number of H-pyrrole nitrogens is 1. The molecule has 0 spiro atoms.